The molecule has 0 bridgehead atoms. The van der Waals surface area contributed by atoms with Crippen molar-refractivity contribution in [1.82, 2.24) is 5.32 Å². The fourth-order valence-electron chi connectivity index (χ4n) is 3.15. The third-order valence-electron chi connectivity index (χ3n) is 4.74. The van der Waals surface area contributed by atoms with E-state index in [1.165, 1.54) is 0 Å². The van der Waals surface area contributed by atoms with E-state index in [-0.39, 0.29) is 6.04 Å². The number of carbonyl (C=O) groups is 1. The maximum Gasteiger partial charge on any atom is 0.244 e. The number of ether oxygens (including phenoxy) is 1. The van der Waals surface area contributed by atoms with E-state index >= 15 is 0 Å². The molecule has 29 heavy (non-hydrogen) atoms. The Bertz CT molecular complexity index is 961. The zero-order chi connectivity index (χ0) is 21.8. The number of anilines is 1. The summed E-state index contributed by atoms with van der Waals surface area (Å²) in [7, 11) is -2.13. The molecule has 0 aliphatic rings. The second kappa shape index (κ2) is 9.50. The van der Waals surface area contributed by atoms with Gasteiger partial charge < -0.3 is 10.1 Å². The lowest BCUT2D eigenvalue weighted by Crippen LogP contribution is -2.48. The monoisotopic (exact) mass is 438 g/mol. The Balaban J connectivity index is 2.31. The van der Waals surface area contributed by atoms with Gasteiger partial charge in [-0.1, -0.05) is 36.7 Å². The highest BCUT2D eigenvalue weighted by atomic mass is 35.5. The van der Waals surface area contributed by atoms with Crippen molar-refractivity contribution in [2.24, 2.45) is 0 Å². The third kappa shape index (κ3) is 5.64. The number of halogens is 1. The van der Waals surface area contributed by atoms with Gasteiger partial charge in [-0.05, 0) is 55.7 Å². The Kier molecular flexibility index (Phi) is 7.54. The summed E-state index contributed by atoms with van der Waals surface area (Å²) in [6.07, 6.45) is 1.73. The maximum absolute atomic E-state index is 13.0. The SMILES string of the molecule is CC[C@H](NC(=O)[C@H](C)N(c1cc(Cl)ccc1C)S(C)(=O)=O)c1ccc(OC)cc1. The molecule has 8 heteroatoms. The van der Waals surface area contributed by atoms with Gasteiger partial charge in [0.1, 0.15) is 11.8 Å². The average Bonchev–Trinajstić information content (AvgIpc) is 2.67. The lowest BCUT2D eigenvalue weighted by atomic mass is 10.0. The molecule has 1 amide bonds. The van der Waals surface area contributed by atoms with Gasteiger partial charge in [-0.2, -0.15) is 0 Å². The standard InChI is InChI=1S/C21H27ClN2O4S/c1-6-19(16-8-11-18(28-4)12-9-16)23-21(25)15(3)24(29(5,26)27)20-13-17(22)10-7-14(20)2/h7-13,15,19H,6H2,1-5H3,(H,23,25)/t15-,19-/m0/s1. The summed E-state index contributed by atoms with van der Waals surface area (Å²) in [5.74, 6) is 0.334. The lowest BCUT2D eigenvalue weighted by molar-refractivity contribution is -0.122. The Morgan fingerprint density at radius 1 is 1.21 bits per heavy atom. The highest BCUT2D eigenvalue weighted by molar-refractivity contribution is 7.92. The number of benzene rings is 2. The quantitative estimate of drug-likeness (QED) is 0.673. The number of hydrogen-bond acceptors (Lipinski definition) is 4. The molecule has 0 saturated heterocycles. The van der Waals surface area contributed by atoms with Gasteiger partial charge in [-0.15, -0.1) is 0 Å². The zero-order valence-corrected chi connectivity index (χ0v) is 18.8. The van der Waals surface area contributed by atoms with Gasteiger partial charge in [-0.3, -0.25) is 9.10 Å². The molecule has 2 atom stereocenters. The van der Waals surface area contributed by atoms with E-state index in [1.807, 2.05) is 31.2 Å². The number of hydrogen-bond donors (Lipinski definition) is 1. The maximum atomic E-state index is 13.0. The van der Waals surface area contributed by atoms with Crippen LogP contribution in [-0.4, -0.2) is 33.7 Å². The minimum absolute atomic E-state index is 0.252. The van der Waals surface area contributed by atoms with Crippen molar-refractivity contribution < 1.29 is 17.9 Å². The highest BCUT2D eigenvalue weighted by Crippen LogP contribution is 2.29. The van der Waals surface area contributed by atoms with Gasteiger partial charge in [0.2, 0.25) is 15.9 Å². The van der Waals surface area contributed by atoms with Crippen LogP contribution in [0.2, 0.25) is 5.02 Å². The topological polar surface area (TPSA) is 75.7 Å². The summed E-state index contributed by atoms with van der Waals surface area (Å²) in [5.41, 5.74) is 2.01. The van der Waals surface area contributed by atoms with E-state index in [2.05, 4.69) is 5.32 Å². The van der Waals surface area contributed by atoms with Gasteiger partial charge >= 0.3 is 0 Å². The van der Waals surface area contributed by atoms with Gasteiger partial charge in [0.15, 0.2) is 0 Å². The molecule has 0 fully saturated rings. The molecule has 2 aromatic carbocycles. The van der Waals surface area contributed by atoms with Gasteiger partial charge in [0.05, 0.1) is 25.1 Å². The molecule has 0 heterocycles. The van der Waals surface area contributed by atoms with Crippen LogP contribution < -0.4 is 14.4 Å². The normalized spacial score (nSPS) is 13.4. The fourth-order valence-corrected chi connectivity index (χ4v) is 4.54. The molecule has 0 radical (unpaired) electrons. The molecule has 0 aromatic heterocycles. The number of rotatable bonds is 8. The highest BCUT2D eigenvalue weighted by Gasteiger charge is 2.31. The Morgan fingerprint density at radius 2 is 1.83 bits per heavy atom. The van der Waals surface area contributed by atoms with Crippen molar-refractivity contribution in [2.75, 3.05) is 17.7 Å². The van der Waals surface area contributed by atoms with Crippen LogP contribution in [-0.2, 0) is 14.8 Å². The summed E-state index contributed by atoms with van der Waals surface area (Å²) in [6.45, 7) is 5.30. The minimum atomic E-state index is -3.72. The molecule has 6 nitrogen and oxygen atoms in total. The lowest BCUT2D eigenvalue weighted by Gasteiger charge is -2.31. The molecule has 0 saturated carbocycles. The van der Waals surface area contributed by atoms with Crippen molar-refractivity contribution in [1.29, 1.82) is 0 Å². The molecule has 158 valence electrons. The van der Waals surface area contributed by atoms with Gasteiger partial charge in [0.25, 0.3) is 0 Å². The summed E-state index contributed by atoms with van der Waals surface area (Å²) in [4.78, 5) is 13.0. The second-order valence-electron chi connectivity index (χ2n) is 6.91. The van der Waals surface area contributed by atoms with Crippen LogP contribution >= 0.6 is 11.6 Å². The molecule has 2 rings (SSSR count). The minimum Gasteiger partial charge on any atom is -0.497 e. The number of methoxy groups -OCH3 is 1. The van der Waals surface area contributed by atoms with Crippen LogP contribution in [0.4, 0.5) is 5.69 Å². The molecule has 0 aliphatic heterocycles. The molecule has 2 aromatic rings. The van der Waals surface area contributed by atoms with Crippen molar-refractivity contribution in [3.63, 3.8) is 0 Å². The average molecular weight is 439 g/mol. The predicted octanol–water partition coefficient (Wildman–Crippen LogP) is 4.08. The third-order valence-corrected chi connectivity index (χ3v) is 6.20. The first kappa shape index (κ1) is 23.0. The predicted molar refractivity (Wildman–Crippen MR) is 117 cm³/mol. The van der Waals surface area contributed by atoms with Gasteiger partial charge in [0, 0.05) is 5.02 Å². The van der Waals surface area contributed by atoms with E-state index < -0.39 is 22.0 Å². The molecule has 0 aliphatic carbocycles. The number of nitrogens with one attached hydrogen (secondary N) is 1. The van der Waals surface area contributed by atoms with Crippen molar-refractivity contribution >= 4 is 33.2 Å². The second-order valence-corrected chi connectivity index (χ2v) is 9.20. The first-order valence-electron chi connectivity index (χ1n) is 9.28. The number of aryl methyl sites for hydroxylation is 1. The fraction of sp³-hybridized carbons (Fsp3) is 0.381. The van der Waals surface area contributed by atoms with Crippen LogP contribution in [0.25, 0.3) is 0 Å². The van der Waals surface area contributed by atoms with Crippen molar-refractivity contribution in [2.45, 2.75) is 39.3 Å². The van der Waals surface area contributed by atoms with Crippen LogP contribution in [0.5, 0.6) is 5.75 Å². The Hall–Kier alpha value is -2.25. The number of carbonyl (C=O) groups excluding carboxylic acids is 1. The molecule has 0 spiro atoms. The largest absolute Gasteiger partial charge is 0.497 e. The first-order chi connectivity index (χ1) is 13.6. The van der Waals surface area contributed by atoms with Crippen molar-refractivity contribution in [3.05, 3.63) is 58.6 Å². The molecular formula is C21H27ClN2O4S. The van der Waals surface area contributed by atoms with E-state index in [0.717, 1.165) is 21.9 Å². The van der Waals surface area contributed by atoms with E-state index in [0.29, 0.717) is 22.7 Å². The summed E-state index contributed by atoms with van der Waals surface area (Å²) >= 11 is 6.07. The summed E-state index contributed by atoms with van der Waals surface area (Å²) < 4.78 is 31.3. The number of amides is 1. The smallest absolute Gasteiger partial charge is 0.244 e. The number of nitrogens with zero attached hydrogens (tertiary/aromatic N) is 1. The van der Waals surface area contributed by atoms with E-state index in [9.17, 15) is 13.2 Å². The zero-order valence-electron chi connectivity index (χ0n) is 17.3. The number of sulfonamides is 1. The van der Waals surface area contributed by atoms with Crippen LogP contribution in [0.15, 0.2) is 42.5 Å². The molecular weight excluding hydrogens is 412 g/mol. The van der Waals surface area contributed by atoms with Crippen LogP contribution in [0.1, 0.15) is 37.4 Å². The Labute approximate surface area is 177 Å². The Morgan fingerprint density at radius 3 is 2.34 bits per heavy atom. The van der Waals surface area contributed by atoms with E-state index in [4.69, 9.17) is 16.3 Å². The van der Waals surface area contributed by atoms with E-state index in [1.54, 1.807) is 39.2 Å². The molecule has 1 N–H and O–H groups in total. The van der Waals surface area contributed by atoms with Crippen molar-refractivity contribution in [3.8, 4) is 5.75 Å². The van der Waals surface area contributed by atoms with Crippen LogP contribution in [0.3, 0.4) is 0 Å². The summed E-state index contributed by atoms with van der Waals surface area (Å²) in [6, 6.07) is 11.2. The van der Waals surface area contributed by atoms with Gasteiger partial charge in [-0.25, -0.2) is 8.42 Å². The summed E-state index contributed by atoms with van der Waals surface area (Å²) in [5, 5.41) is 3.36. The molecule has 0 unspecified atom stereocenters. The first-order valence-corrected chi connectivity index (χ1v) is 11.5. The van der Waals surface area contributed by atoms with Crippen LogP contribution in [0, 0.1) is 6.92 Å².